The number of phenolic OH excluding ortho intramolecular Hbond substituents is 1. The second-order valence-corrected chi connectivity index (χ2v) is 5.13. The van der Waals surface area contributed by atoms with Crippen molar-refractivity contribution in [3.05, 3.63) is 65.7 Å². The lowest BCUT2D eigenvalue weighted by molar-refractivity contribution is -0.116. The fourth-order valence-electron chi connectivity index (χ4n) is 2.10. The number of benzene rings is 1. The van der Waals surface area contributed by atoms with Gasteiger partial charge in [0.15, 0.2) is 5.76 Å². The number of amides is 1. The third kappa shape index (κ3) is 4.70. The molecule has 4 N–H and O–H groups in total. The van der Waals surface area contributed by atoms with Gasteiger partial charge in [0.05, 0.1) is 0 Å². The van der Waals surface area contributed by atoms with Gasteiger partial charge < -0.3 is 20.6 Å². The van der Waals surface area contributed by atoms with Crippen LogP contribution in [0.1, 0.15) is 12.0 Å². The van der Waals surface area contributed by atoms with Gasteiger partial charge >= 0.3 is 0 Å². The Morgan fingerprint density at radius 1 is 1.23 bits per heavy atom. The highest BCUT2D eigenvalue weighted by atomic mass is 16.3. The highest BCUT2D eigenvalue weighted by molar-refractivity contribution is 5.87. The number of aromatic hydroxyl groups is 1. The molecule has 116 valence electrons. The summed E-state index contributed by atoms with van der Waals surface area (Å²) in [6.45, 7) is 0.500. The first-order valence-electron chi connectivity index (χ1n) is 7.08. The van der Waals surface area contributed by atoms with Crippen LogP contribution in [0.3, 0.4) is 0 Å². The van der Waals surface area contributed by atoms with Crippen molar-refractivity contribution in [3.8, 4) is 5.75 Å². The number of hydrogen-bond acceptors (Lipinski definition) is 4. The summed E-state index contributed by atoms with van der Waals surface area (Å²) < 4.78 is 0. The number of allylic oxidation sites excluding steroid dienone is 4. The summed E-state index contributed by atoms with van der Waals surface area (Å²) in [7, 11) is 0. The Hall–Kier alpha value is -2.69. The lowest BCUT2D eigenvalue weighted by Gasteiger charge is -2.12. The Morgan fingerprint density at radius 3 is 2.64 bits per heavy atom. The first-order chi connectivity index (χ1) is 10.5. The smallest absolute Gasteiger partial charge is 0.243 e. The van der Waals surface area contributed by atoms with Crippen LogP contribution in [0.5, 0.6) is 5.75 Å². The van der Waals surface area contributed by atoms with Crippen LogP contribution >= 0.6 is 0 Å². The first-order valence-corrected chi connectivity index (χ1v) is 7.08. The minimum Gasteiger partial charge on any atom is -0.508 e. The zero-order valence-electron chi connectivity index (χ0n) is 12.1. The molecular formula is C17H19NO4. The predicted octanol–water partition coefficient (Wildman–Crippen LogP) is 2.51. The number of hydrogen-bond donors (Lipinski definition) is 4. The number of nitrogens with one attached hydrogen (secondary N) is 1. The van der Waals surface area contributed by atoms with Gasteiger partial charge in [-0.25, -0.2) is 0 Å². The number of rotatable bonds is 5. The molecule has 2 rings (SSSR count). The average molecular weight is 301 g/mol. The van der Waals surface area contributed by atoms with Crippen molar-refractivity contribution in [3.63, 3.8) is 0 Å². The Labute approximate surface area is 128 Å². The molecular weight excluding hydrogens is 282 g/mol. The molecule has 0 fully saturated rings. The van der Waals surface area contributed by atoms with Crippen LogP contribution in [-0.4, -0.2) is 27.8 Å². The molecule has 1 amide bonds. The number of phenols is 1. The molecule has 0 saturated carbocycles. The molecule has 0 bridgehead atoms. The molecule has 0 spiro atoms. The van der Waals surface area contributed by atoms with E-state index in [1.807, 2.05) is 12.1 Å². The summed E-state index contributed by atoms with van der Waals surface area (Å²) in [5, 5.41) is 30.6. The van der Waals surface area contributed by atoms with Crippen LogP contribution < -0.4 is 5.32 Å². The molecule has 0 aromatic heterocycles. The fraction of sp³-hybridized carbons (Fsp3) is 0.235. The fourth-order valence-corrected chi connectivity index (χ4v) is 2.10. The molecule has 5 heteroatoms. The van der Waals surface area contributed by atoms with E-state index in [0.717, 1.165) is 5.56 Å². The summed E-state index contributed by atoms with van der Waals surface area (Å²) in [6.07, 6.45) is 7.25. The third-order valence-corrected chi connectivity index (χ3v) is 3.37. The standard InChI is InChI=1S/C17H19NO4/c19-14-5-1-12(2-6-14)9-10-18-17(22)8-4-13-3-7-15(20)16(21)11-13/h1-8,13,19-21H,9-11H2,(H,18,22)/b8-4+/t13-/m1/s1. The van der Waals surface area contributed by atoms with Crippen LogP contribution in [0.2, 0.25) is 0 Å². The third-order valence-electron chi connectivity index (χ3n) is 3.37. The molecule has 0 heterocycles. The maximum absolute atomic E-state index is 11.7. The summed E-state index contributed by atoms with van der Waals surface area (Å²) in [4.78, 5) is 11.7. The number of aliphatic hydroxyl groups is 2. The highest BCUT2D eigenvalue weighted by Crippen LogP contribution is 2.21. The van der Waals surface area contributed by atoms with Gasteiger partial charge in [-0.3, -0.25) is 4.79 Å². The van der Waals surface area contributed by atoms with Gasteiger partial charge in [0, 0.05) is 18.9 Å². The van der Waals surface area contributed by atoms with E-state index < -0.39 is 0 Å². The lowest BCUT2D eigenvalue weighted by atomic mass is 9.98. The Balaban J connectivity index is 1.73. The molecule has 0 unspecified atom stereocenters. The van der Waals surface area contributed by atoms with Crippen molar-refractivity contribution < 1.29 is 20.1 Å². The van der Waals surface area contributed by atoms with Crippen LogP contribution in [0.25, 0.3) is 0 Å². The maximum atomic E-state index is 11.7. The van der Waals surface area contributed by atoms with E-state index in [1.165, 1.54) is 12.2 Å². The second kappa shape index (κ2) is 7.36. The molecule has 0 radical (unpaired) electrons. The summed E-state index contributed by atoms with van der Waals surface area (Å²) >= 11 is 0. The molecule has 1 atom stereocenters. The largest absolute Gasteiger partial charge is 0.508 e. The zero-order valence-corrected chi connectivity index (χ0v) is 12.1. The van der Waals surface area contributed by atoms with Crippen LogP contribution in [0.4, 0.5) is 0 Å². The second-order valence-electron chi connectivity index (χ2n) is 5.13. The first kappa shape index (κ1) is 15.7. The molecule has 1 aromatic carbocycles. The van der Waals surface area contributed by atoms with Crippen molar-refractivity contribution in [1.82, 2.24) is 5.32 Å². The summed E-state index contributed by atoms with van der Waals surface area (Å²) in [5.74, 6) is -0.267. The van der Waals surface area contributed by atoms with E-state index in [0.29, 0.717) is 19.4 Å². The van der Waals surface area contributed by atoms with Crippen molar-refractivity contribution in [2.75, 3.05) is 6.54 Å². The van der Waals surface area contributed by atoms with Crippen LogP contribution in [0.15, 0.2) is 60.1 Å². The van der Waals surface area contributed by atoms with Crippen molar-refractivity contribution >= 4 is 5.91 Å². The van der Waals surface area contributed by atoms with Crippen molar-refractivity contribution in [2.24, 2.45) is 5.92 Å². The van der Waals surface area contributed by atoms with Gasteiger partial charge in [-0.05, 0) is 36.3 Å². The zero-order chi connectivity index (χ0) is 15.9. The van der Waals surface area contributed by atoms with Gasteiger partial charge in [0.1, 0.15) is 11.5 Å². The van der Waals surface area contributed by atoms with Gasteiger partial charge in [0.25, 0.3) is 0 Å². The van der Waals surface area contributed by atoms with Crippen molar-refractivity contribution in [1.29, 1.82) is 0 Å². The van der Waals surface area contributed by atoms with Gasteiger partial charge in [-0.1, -0.05) is 24.3 Å². The van der Waals surface area contributed by atoms with E-state index >= 15 is 0 Å². The number of aliphatic hydroxyl groups excluding tert-OH is 2. The SMILES string of the molecule is O=C(/C=C/[C@H]1C=CC(O)=C(O)C1)NCCc1ccc(O)cc1. The normalized spacial score (nSPS) is 17.9. The molecule has 1 aromatic rings. The minimum atomic E-state index is -0.203. The van der Waals surface area contributed by atoms with Crippen molar-refractivity contribution in [2.45, 2.75) is 12.8 Å². The Morgan fingerprint density at radius 2 is 1.95 bits per heavy atom. The van der Waals surface area contributed by atoms with Gasteiger partial charge in [-0.15, -0.1) is 0 Å². The maximum Gasteiger partial charge on any atom is 0.243 e. The van der Waals surface area contributed by atoms with E-state index in [2.05, 4.69) is 5.32 Å². The summed E-state index contributed by atoms with van der Waals surface area (Å²) in [5.41, 5.74) is 1.03. The number of carbonyl (C=O) groups excluding carboxylic acids is 1. The van der Waals surface area contributed by atoms with E-state index in [4.69, 9.17) is 0 Å². The molecule has 22 heavy (non-hydrogen) atoms. The summed E-state index contributed by atoms with van der Waals surface area (Å²) in [6, 6.07) is 6.85. The topological polar surface area (TPSA) is 89.8 Å². The lowest BCUT2D eigenvalue weighted by Crippen LogP contribution is -2.23. The van der Waals surface area contributed by atoms with E-state index in [1.54, 1.807) is 24.3 Å². The van der Waals surface area contributed by atoms with Crippen LogP contribution in [0, 0.1) is 5.92 Å². The number of carbonyl (C=O) groups is 1. The Bertz CT molecular complexity index is 614. The molecule has 1 aliphatic rings. The Kier molecular flexibility index (Phi) is 5.25. The highest BCUT2D eigenvalue weighted by Gasteiger charge is 2.12. The van der Waals surface area contributed by atoms with E-state index in [9.17, 15) is 20.1 Å². The predicted molar refractivity (Wildman–Crippen MR) is 83.5 cm³/mol. The molecule has 0 saturated heterocycles. The van der Waals surface area contributed by atoms with Gasteiger partial charge in [-0.2, -0.15) is 0 Å². The van der Waals surface area contributed by atoms with Gasteiger partial charge in [0.2, 0.25) is 5.91 Å². The average Bonchev–Trinajstić information content (AvgIpc) is 2.50. The molecule has 1 aliphatic carbocycles. The van der Waals surface area contributed by atoms with E-state index in [-0.39, 0.29) is 29.1 Å². The quantitative estimate of drug-likeness (QED) is 0.629. The molecule has 0 aliphatic heterocycles. The monoisotopic (exact) mass is 301 g/mol. The molecule has 5 nitrogen and oxygen atoms in total. The minimum absolute atomic E-state index is 0.0649. The van der Waals surface area contributed by atoms with Crippen LogP contribution in [-0.2, 0) is 11.2 Å².